The number of hydrogen-bond acceptors (Lipinski definition) is 5. The largest absolute Gasteiger partial charge is 0.454 e. The van der Waals surface area contributed by atoms with Crippen LogP contribution in [0.15, 0.2) is 47.4 Å². The number of hydrogen-bond donors (Lipinski definition) is 0. The van der Waals surface area contributed by atoms with E-state index in [1.54, 1.807) is 4.90 Å². The van der Waals surface area contributed by atoms with Crippen molar-refractivity contribution >= 4 is 40.3 Å². The zero-order chi connectivity index (χ0) is 19.9. The number of benzene rings is 2. The molecule has 0 unspecified atom stereocenters. The molecule has 0 bridgehead atoms. The molecule has 0 saturated carbocycles. The van der Waals surface area contributed by atoms with Crippen LogP contribution in [0.3, 0.4) is 0 Å². The summed E-state index contributed by atoms with van der Waals surface area (Å²) in [6.45, 7) is 7.20. The first-order valence-electron chi connectivity index (χ1n) is 9.06. The number of rotatable bonds is 3. The van der Waals surface area contributed by atoms with Crippen LogP contribution in [0.5, 0.6) is 11.5 Å². The normalized spacial score (nSPS) is 17.7. The lowest BCUT2D eigenvalue weighted by Crippen LogP contribution is -2.27. The van der Waals surface area contributed by atoms with Crippen LogP contribution in [0.25, 0.3) is 6.08 Å². The van der Waals surface area contributed by atoms with E-state index in [1.807, 2.05) is 36.4 Å². The number of amides is 1. The van der Waals surface area contributed by atoms with Gasteiger partial charge in [-0.15, -0.1) is 0 Å². The second kappa shape index (κ2) is 7.26. The number of thiocarbonyl (C=S) groups is 1. The minimum absolute atomic E-state index is 0.0624. The van der Waals surface area contributed by atoms with Gasteiger partial charge in [-0.25, -0.2) is 0 Å². The zero-order valence-corrected chi connectivity index (χ0v) is 17.7. The van der Waals surface area contributed by atoms with E-state index in [2.05, 4.69) is 32.9 Å². The van der Waals surface area contributed by atoms with E-state index < -0.39 is 0 Å². The molecule has 2 aliphatic heterocycles. The smallest absolute Gasteiger partial charge is 0.266 e. The van der Waals surface area contributed by atoms with Crippen molar-refractivity contribution in [3.63, 3.8) is 0 Å². The van der Waals surface area contributed by atoms with Gasteiger partial charge in [0.05, 0.1) is 11.4 Å². The summed E-state index contributed by atoms with van der Waals surface area (Å²) in [5.41, 5.74) is 3.32. The Morgan fingerprint density at radius 2 is 1.82 bits per heavy atom. The Kier molecular flexibility index (Phi) is 4.93. The maximum atomic E-state index is 12.9. The second-order valence-corrected chi connectivity index (χ2v) is 9.50. The van der Waals surface area contributed by atoms with Gasteiger partial charge in [0.1, 0.15) is 4.32 Å². The Labute approximate surface area is 174 Å². The van der Waals surface area contributed by atoms with Gasteiger partial charge >= 0.3 is 0 Å². The SMILES string of the molecule is CC(C)(C)c1ccc(/C=C2\SC(=S)N(Cc3ccc4c(c3)OCO4)C2=O)cc1. The fourth-order valence-corrected chi connectivity index (χ4v) is 4.34. The van der Waals surface area contributed by atoms with Crippen molar-refractivity contribution in [1.29, 1.82) is 0 Å². The Morgan fingerprint density at radius 1 is 1.11 bits per heavy atom. The van der Waals surface area contributed by atoms with Gasteiger partial charge in [-0.1, -0.05) is 75.1 Å². The van der Waals surface area contributed by atoms with Gasteiger partial charge in [0.2, 0.25) is 6.79 Å². The second-order valence-electron chi connectivity index (χ2n) is 7.83. The summed E-state index contributed by atoms with van der Waals surface area (Å²) in [4.78, 5) is 15.2. The Balaban J connectivity index is 1.51. The van der Waals surface area contributed by atoms with Crippen molar-refractivity contribution in [1.82, 2.24) is 4.90 Å². The molecule has 2 aromatic rings. The molecule has 1 fully saturated rings. The molecule has 2 heterocycles. The molecule has 0 aliphatic carbocycles. The van der Waals surface area contributed by atoms with Gasteiger partial charge in [0.15, 0.2) is 11.5 Å². The highest BCUT2D eigenvalue weighted by Crippen LogP contribution is 2.36. The maximum Gasteiger partial charge on any atom is 0.266 e. The number of ether oxygens (including phenoxy) is 2. The van der Waals surface area contributed by atoms with Gasteiger partial charge in [-0.05, 0) is 40.3 Å². The molecular formula is C22H21NO3S2. The van der Waals surface area contributed by atoms with Gasteiger partial charge in [-0.2, -0.15) is 0 Å². The molecule has 2 aromatic carbocycles. The van der Waals surface area contributed by atoms with E-state index in [0.29, 0.717) is 21.5 Å². The summed E-state index contributed by atoms with van der Waals surface area (Å²) in [7, 11) is 0. The average molecular weight is 412 g/mol. The van der Waals surface area contributed by atoms with Crippen LogP contribution >= 0.6 is 24.0 Å². The summed E-state index contributed by atoms with van der Waals surface area (Å²) in [6, 6.07) is 14.0. The lowest BCUT2D eigenvalue weighted by molar-refractivity contribution is -0.122. The van der Waals surface area contributed by atoms with Crippen LogP contribution in [0.1, 0.15) is 37.5 Å². The summed E-state index contributed by atoms with van der Waals surface area (Å²) in [5.74, 6) is 1.37. The summed E-state index contributed by atoms with van der Waals surface area (Å²) in [5, 5.41) is 0. The molecule has 1 saturated heterocycles. The lowest BCUT2D eigenvalue weighted by Gasteiger charge is -2.18. The number of carbonyl (C=O) groups is 1. The van der Waals surface area contributed by atoms with E-state index in [9.17, 15) is 4.79 Å². The van der Waals surface area contributed by atoms with E-state index >= 15 is 0 Å². The van der Waals surface area contributed by atoms with Gasteiger partial charge < -0.3 is 9.47 Å². The molecule has 28 heavy (non-hydrogen) atoms. The van der Waals surface area contributed by atoms with Gasteiger partial charge in [0.25, 0.3) is 5.91 Å². The van der Waals surface area contributed by atoms with Gasteiger partial charge in [0, 0.05) is 0 Å². The van der Waals surface area contributed by atoms with Crippen molar-refractivity contribution in [2.45, 2.75) is 32.7 Å². The van der Waals surface area contributed by atoms with E-state index in [4.69, 9.17) is 21.7 Å². The molecule has 0 spiro atoms. The highest BCUT2D eigenvalue weighted by atomic mass is 32.2. The van der Waals surface area contributed by atoms with Crippen LogP contribution in [0.4, 0.5) is 0 Å². The van der Waals surface area contributed by atoms with E-state index in [1.165, 1.54) is 17.3 Å². The topological polar surface area (TPSA) is 38.8 Å². The standard InChI is InChI=1S/C22H21NO3S2/c1-22(2,3)16-7-4-14(5-8-16)11-19-20(24)23(21(27)28-19)12-15-6-9-17-18(10-15)26-13-25-17/h4-11H,12-13H2,1-3H3/b19-11-. The first-order chi connectivity index (χ1) is 13.3. The predicted molar refractivity (Wildman–Crippen MR) is 116 cm³/mol. The molecule has 0 N–H and O–H groups in total. The molecule has 0 atom stereocenters. The molecule has 4 rings (SSSR count). The first-order valence-corrected chi connectivity index (χ1v) is 10.3. The molecule has 2 aliphatic rings. The highest BCUT2D eigenvalue weighted by molar-refractivity contribution is 8.26. The zero-order valence-electron chi connectivity index (χ0n) is 16.0. The monoisotopic (exact) mass is 411 g/mol. The summed E-state index contributed by atoms with van der Waals surface area (Å²) < 4.78 is 11.3. The third-order valence-electron chi connectivity index (χ3n) is 4.73. The minimum Gasteiger partial charge on any atom is -0.454 e. The molecule has 1 amide bonds. The maximum absolute atomic E-state index is 12.9. The number of carbonyl (C=O) groups excluding carboxylic acids is 1. The fourth-order valence-electron chi connectivity index (χ4n) is 3.09. The molecular weight excluding hydrogens is 390 g/mol. The van der Waals surface area contributed by atoms with Crippen molar-refractivity contribution in [2.24, 2.45) is 0 Å². The first kappa shape index (κ1) is 19.0. The van der Waals surface area contributed by atoms with Crippen molar-refractivity contribution in [2.75, 3.05) is 6.79 Å². The Hall–Kier alpha value is -2.31. The Bertz CT molecular complexity index is 974. The van der Waals surface area contributed by atoms with Crippen molar-refractivity contribution in [3.05, 3.63) is 64.1 Å². The van der Waals surface area contributed by atoms with E-state index in [-0.39, 0.29) is 18.1 Å². The molecule has 0 radical (unpaired) electrons. The molecule has 0 aromatic heterocycles. The van der Waals surface area contributed by atoms with Crippen LogP contribution in [-0.4, -0.2) is 21.9 Å². The van der Waals surface area contributed by atoms with E-state index in [0.717, 1.165) is 16.9 Å². The fraction of sp³-hybridized carbons (Fsp3) is 0.273. The Morgan fingerprint density at radius 3 is 2.54 bits per heavy atom. The number of thioether (sulfide) groups is 1. The van der Waals surface area contributed by atoms with Crippen molar-refractivity contribution < 1.29 is 14.3 Å². The minimum atomic E-state index is -0.0624. The van der Waals surface area contributed by atoms with Crippen LogP contribution < -0.4 is 9.47 Å². The third-order valence-corrected chi connectivity index (χ3v) is 6.10. The summed E-state index contributed by atoms with van der Waals surface area (Å²) >= 11 is 6.79. The highest BCUT2D eigenvalue weighted by Gasteiger charge is 2.32. The van der Waals surface area contributed by atoms with Crippen molar-refractivity contribution in [3.8, 4) is 11.5 Å². The molecule has 6 heteroatoms. The predicted octanol–water partition coefficient (Wildman–Crippen LogP) is 5.11. The molecule has 4 nitrogen and oxygen atoms in total. The number of fused-ring (bicyclic) bond motifs is 1. The lowest BCUT2D eigenvalue weighted by atomic mass is 9.87. The third kappa shape index (κ3) is 3.80. The number of nitrogens with zero attached hydrogens (tertiary/aromatic N) is 1. The average Bonchev–Trinajstić information content (AvgIpc) is 3.21. The summed E-state index contributed by atoms with van der Waals surface area (Å²) in [6.07, 6.45) is 1.91. The van der Waals surface area contributed by atoms with Crippen LogP contribution in [0, 0.1) is 0 Å². The quantitative estimate of drug-likeness (QED) is 0.518. The van der Waals surface area contributed by atoms with Crippen LogP contribution in [-0.2, 0) is 16.8 Å². The van der Waals surface area contributed by atoms with Gasteiger partial charge in [-0.3, -0.25) is 9.69 Å². The van der Waals surface area contributed by atoms with Crippen LogP contribution in [0.2, 0.25) is 0 Å². The molecule has 144 valence electrons.